The van der Waals surface area contributed by atoms with Gasteiger partial charge in [-0.3, -0.25) is 0 Å². The minimum Gasteiger partial charge on any atom is -0.490 e. The molecular weight excluding hydrogens is 238 g/mol. The molecule has 1 fully saturated rings. The lowest BCUT2D eigenvalue weighted by Gasteiger charge is -2.12. The van der Waals surface area contributed by atoms with Gasteiger partial charge in [0.2, 0.25) is 0 Å². The fourth-order valence-corrected chi connectivity index (χ4v) is 2.28. The minimum atomic E-state index is 0.551. The van der Waals surface area contributed by atoms with Gasteiger partial charge in [0.05, 0.1) is 6.61 Å². The van der Waals surface area contributed by atoms with E-state index < -0.39 is 0 Å². The van der Waals surface area contributed by atoms with E-state index in [9.17, 15) is 0 Å². The summed E-state index contributed by atoms with van der Waals surface area (Å²) in [7, 11) is 0. The number of rotatable bonds is 8. The van der Waals surface area contributed by atoms with Crippen LogP contribution < -0.4 is 14.8 Å². The molecule has 1 atom stereocenters. The SMILES string of the molecule is CCOc1ccccc1OCCNCC1CC1(C)C. The van der Waals surface area contributed by atoms with E-state index in [1.165, 1.54) is 6.42 Å². The third-order valence-electron chi connectivity index (χ3n) is 3.79. The summed E-state index contributed by atoms with van der Waals surface area (Å²) in [6.45, 7) is 9.96. The predicted molar refractivity (Wildman–Crippen MR) is 77.9 cm³/mol. The molecule has 3 nitrogen and oxygen atoms in total. The molecule has 0 radical (unpaired) electrons. The summed E-state index contributed by atoms with van der Waals surface area (Å²) in [6.07, 6.45) is 1.34. The molecule has 0 amide bonds. The van der Waals surface area contributed by atoms with Crippen LogP contribution in [-0.2, 0) is 0 Å². The summed E-state index contributed by atoms with van der Waals surface area (Å²) < 4.78 is 11.3. The highest BCUT2D eigenvalue weighted by atomic mass is 16.5. The van der Waals surface area contributed by atoms with E-state index in [2.05, 4.69) is 19.2 Å². The van der Waals surface area contributed by atoms with Crippen molar-refractivity contribution >= 4 is 0 Å². The van der Waals surface area contributed by atoms with Crippen molar-refractivity contribution in [2.24, 2.45) is 11.3 Å². The van der Waals surface area contributed by atoms with Crippen molar-refractivity contribution in [2.75, 3.05) is 26.3 Å². The molecule has 1 aromatic carbocycles. The first-order chi connectivity index (χ1) is 9.13. The van der Waals surface area contributed by atoms with E-state index in [1.54, 1.807) is 0 Å². The Morgan fingerprint density at radius 3 is 2.42 bits per heavy atom. The third kappa shape index (κ3) is 4.13. The standard InChI is InChI=1S/C16H25NO2/c1-4-18-14-7-5-6-8-15(14)19-10-9-17-12-13-11-16(13,2)3/h5-8,13,17H,4,9-12H2,1-3H3. The average molecular weight is 263 g/mol. The van der Waals surface area contributed by atoms with Gasteiger partial charge >= 0.3 is 0 Å². The Labute approximate surface area is 116 Å². The Morgan fingerprint density at radius 1 is 1.21 bits per heavy atom. The summed E-state index contributed by atoms with van der Waals surface area (Å²) in [4.78, 5) is 0. The quantitative estimate of drug-likeness (QED) is 0.731. The van der Waals surface area contributed by atoms with Crippen LogP contribution in [0.5, 0.6) is 11.5 Å². The van der Waals surface area contributed by atoms with Crippen molar-refractivity contribution in [3.63, 3.8) is 0 Å². The number of para-hydroxylation sites is 2. The summed E-state index contributed by atoms with van der Waals surface area (Å²) in [5.41, 5.74) is 0.551. The van der Waals surface area contributed by atoms with Crippen molar-refractivity contribution in [3.05, 3.63) is 24.3 Å². The number of nitrogens with one attached hydrogen (secondary N) is 1. The molecular formula is C16H25NO2. The van der Waals surface area contributed by atoms with Gasteiger partial charge in [-0.15, -0.1) is 0 Å². The van der Waals surface area contributed by atoms with Crippen LogP contribution in [0.15, 0.2) is 24.3 Å². The zero-order chi connectivity index (χ0) is 13.7. The van der Waals surface area contributed by atoms with E-state index in [0.717, 1.165) is 30.5 Å². The Hall–Kier alpha value is -1.22. The van der Waals surface area contributed by atoms with Gasteiger partial charge in [-0.25, -0.2) is 0 Å². The molecule has 0 aromatic heterocycles. The van der Waals surface area contributed by atoms with E-state index in [0.29, 0.717) is 18.6 Å². The normalized spacial score (nSPS) is 20.1. The van der Waals surface area contributed by atoms with Crippen LogP contribution in [0.2, 0.25) is 0 Å². The zero-order valence-electron chi connectivity index (χ0n) is 12.2. The highest BCUT2D eigenvalue weighted by Gasteiger charge is 2.44. The fourth-order valence-electron chi connectivity index (χ4n) is 2.28. The second-order valence-corrected chi connectivity index (χ2v) is 5.82. The number of benzene rings is 1. The van der Waals surface area contributed by atoms with Gasteiger partial charge in [0.15, 0.2) is 11.5 Å². The summed E-state index contributed by atoms with van der Waals surface area (Å²) in [6, 6.07) is 7.83. The molecule has 1 N–H and O–H groups in total. The van der Waals surface area contributed by atoms with Gasteiger partial charge in [0, 0.05) is 6.54 Å². The van der Waals surface area contributed by atoms with E-state index in [-0.39, 0.29) is 0 Å². The molecule has 2 rings (SSSR count). The number of hydrogen-bond acceptors (Lipinski definition) is 3. The molecule has 0 spiro atoms. The smallest absolute Gasteiger partial charge is 0.161 e. The Balaban J connectivity index is 1.65. The lowest BCUT2D eigenvalue weighted by atomic mass is 10.1. The maximum atomic E-state index is 5.76. The molecule has 0 bridgehead atoms. The Bertz CT molecular complexity index is 403. The zero-order valence-corrected chi connectivity index (χ0v) is 12.2. The maximum Gasteiger partial charge on any atom is 0.161 e. The number of ether oxygens (including phenoxy) is 2. The highest BCUT2D eigenvalue weighted by Crippen LogP contribution is 2.50. The first-order valence-corrected chi connectivity index (χ1v) is 7.19. The molecule has 106 valence electrons. The van der Waals surface area contributed by atoms with Crippen molar-refractivity contribution in [2.45, 2.75) is 27.2 Å². The van der Waals surface area contributed by atoms with Gasteiger partial charge in [-0.05, 0) is 43.4 Å². The molecule has 0 aliphatic heterocycles. The van der Waals surface area contributed by atoms with Gasteiger partial charge < -0.3 is 14.8 Å². The second kappa shape index (κ2) is 6.29. The molecule has 1 aromatic rings. The van der Waals surface area contributed by atoms with Crippen molar-refractivity contribution in [1.82, 2.24) is 5.32 Å². The number of hydrogen-bond donors (Lipinski definition) is 1. The first kappa shape index (κ1) is 14.2. The minimum absolute atomic E-state index is 0.551. The molecule has 3 heteroatoms. The van der Waals surface area contributed by atoms with E-state index in [4.69, 9.17) is 9.47 Å². The van der Waals surface area contributed by atoms with Gasteiger partial charge in [0.1, 0.15) is 6.61 Å². The van der Waals surface area contributed by atoms with Gasteiger partial charge in [0.25, 0.3) is 0 Å². The first-order valence-electron chi connectivity index (χ1n) is 7.19. The summed E-state index contributed by atoms with van der Waals surface area (Å²) >= 11 is 0. The largest absolute Gasteiger partial charge is 0.490 e. The van der Waals surface area contributed by atoms with Gasteiger partial charge in [-0.1, -0.05) is 26.0 Å². The van der Waals surface area contributed by atoms with Crippen LogP contribution in [-0.4, -0.2) is 26.3 Å². The third-order valence-corrected chi connectivity index (χ3v) is 3.79. The van der Waals surface area contributed by atoms with E-state index >= 15 is 0 Å². The van der Waals surface area contributed by atoms with Crippen molar-refractivity contribution in [3.8, 4) is 11.5 Å². The van der Waals surface area contributed by atoms with Gasteiger partial charge in [-0.2, -0.15) is 0 Å². The van der Waals surface area contributed by atoms with Crippen LogP contribution in [0.3, 0.4) is 0 Å². The Morgan fingerprint density at radius 2 is 1.84 bits per heavy atom. The molecule has 1 saturated carbocycles. The maximum absolute atomic E-state index is 5.76. The fraction of sp³-hybridized carbons (Fsp3) is 0.625. The molecule has 19 heavy (non-hydrogen) atoms. The predicted octanol–water partition coefficient (Wildman–Crippen LogP) is 3.10. The van der Waals surface area contributed by atoms with Crippen LogP contribution >= 0.6 is 0 Å². The summed E-state index contributed by atoms with van der Waals surface area (Å²) in [5, 5.41) is 3.46. The molecule has 0 heterocycles. The van der Waals surface area contributed by atoms with Crippen LogP contribution in [0.4, 0.5) is 0 Å². The summed E-state index contributed by atoms with van der Waals surface area (Å²) in [5.74, 6) is 2.49. The van der Waals surface area contributed by atoms with Crippen LogP contribution in [0.25, 0.3) is 0 Å². The van der Waals surface area contributed by atoms with Crippen molar-refractivity contribution in [1.29, 1.82) is 0 Å². The van der Waals surface area contributed by atoms with Crippen LogP contribution in [0.1, 0.15) is 27.2 Å². The lowest BCUT2D eigenvalue weighted by Crippen LogP contribution is -2.24. The van der Waals surface area contributed by atoms with Crippen LogP contribution in [0, 0.1) is 11.3 Å². The average Bonchev–Trinajstić information content (AvgIpc) is 2.99. The topological polar surface area (TPSA) is 30.5 Å². The molecule has 1 aliphatic rings. The van der Waals surface area contributed by atoms with E-state index in [1.807, 2.05) is 31.2 Å². The monoisotopic (exact) mass is 263 g/mol. The molecule has 1 unspecified atom stereocenters. The lowest BCUT2D eigenvalue weighted by molar-refractivity contribution is 0.275. The Kier molecular flexibility index (Phi) is 4.70. The highest BCUT2D eigenvalue weighted by molar-refractivity contribution is 5.39. The second-order valence-electron chi connectivity index (χ2n) is 5.82. The molecule has 0 saturated heterocycles. The van der Waals surface area contributed by atoms with Crippen molar-refractivity contribution < 1.29 is 9.47 Å². The molecule has 1 aliphatic carbocycles.